The van der Waals surface area contributed by atoms with Crippen LogP contribution in [0, 0.1) is 0 Å². The highest BCUT2D eigenvalue weighted by molar-refractivity contribution is 7.99. The van der Waals surface area contributed by atoms with Gasteiger partial charge in [-0.1, -0.05) is 19.1 Å². The first-order valence-electron chi connectivity index (χ1n) is 8.75. The van der Waals surface area contributed by atoms with E-state index in [0.29, 0.717) is 19.6 Å². The fraction of sp³-hybridized carbons (Fsp3) is 0.474. The topological polar surface area (TPSA) is 82.6 Å². The van der Waals surface area contributed by atoms with Crippen molar-refractivity contribution in [2.24, 2.45) is 0 Å². The van der Waals surface area contributed by atoms with Crippen molar-refractivity contribution in [3.05, 3.63) is 62.9 Å². The van der Waals surface area contributed by atoms with Gasteiger partial charge in [-0.15, -0.1) is 11.8 Å². The third-order valence-electron chi connectivity index (χ3n) is 4.06. The number of H-pyrrole nitrogens is 1. The summed E-state index contributed by atoms with van der Waals surface area (Å²) in [5.41, 5.74) is 0.212. The summed E-state index contributed by atoms with van der Waals surface area (Å²) in [5, 5.41) is -0.242. The highest BCUT2D eigenvalue weighted by atomic mass is 32.2. The summed E-state index contributed by atoms with van der Waals surface area (Å²) in [6, 6.07) is 9.06. The molecule has 1 aromatic heterocycles. The first-order chi connectivity index (χ1) is 13.1. The second-order valence-corrected chi connectivity index (χ2v) is 7.22. The van der Waals surface area contributed by atoms with E-state index >= 15 is 0 Å². The van der Waals surface area contributed by atoms with Crippen LogP contribution >= 0.6 is 11.8 Å². The van der Waals surface area contributed by atoms with Gasteiger partial charge in [0.15, 0.2) is 0 Å². The van der Waals surface area contributed by atoms with E-state index in [1.807, 2.05) is 31.2 Å². The average molecular weight is 394 g/mol. The molecule has 1 aromatic carbocycles. The monoisotopic (exact) mass is 394 g/mol. The molecule has 1 heterocycles. The van der Waals surface area contributed by atoms with Gasteiger partial charge in [0.05, 0.1) is 19.8 Å². The molecule has 1 N–H and O–H groups in total. The first-order valence-corrected chi connectivity index (χ1v) is 9.80. The Bertz CT molecular complexity index is 803. The maximum absolute atomic E-state index is 12.1. The zero-order valence-electron chi connectivity index (χ0n) is 15.8. The van der Waals surface area contributed by atoms with Crippen LogP contribution in [0.2, 0.25) is 0 Å². The van der Waals surface area contributed by atoms with Crippen molar-refractivity contribution < 1.29 is 14.2 Å². The van der Waals surface area contributed by atoms with Gasteiger partial charge in [-0.05, 0) is 29.9 Å². The van der Waals surface area contributed by atoms with E-state index < -0.39 is 11.2 Å². The molecular formula is C19H26N2O5S. The minimum absolute atomic E-state index is 0.227. The van der Waals surface area contributed by atoms with E-state index in [1.165, 1.54) is 16.8 Å². The van der Waals surface area contributed by atoms with E-state index in [1.54, 1.807) is 26.0 Å². The molecule has 0 radical (unpaired) electrons. The Kier molecular flexibility index (Phi) is 8.63. The van der Waals surface area contributed by atoms with E-state index in [4.69, 9.17) is 14.2 Å². The molecular weight excluding hydrogens is 368 g/mol. The Labute approximate surface area is 162 Å². The molecule has 2 atom stereocenters. The average Bonchev–Trinajstić information content (AvgIpc) is 2.67. The number of benzene rings is 1. The van der Waals surface area contributed by atoms with E-state index in [2.05, 4.69) is 4.98 Å². The van der Waals surface area contributed by atoms with Gasteiger partial charge < -0.3 is 14.2 Å². The molecule has 0 fully saturated rings. The number of nitrogens with zero attached hydrogens (tertiary/aromatic N) is 1. The molecule has 2 rings (SSSR count). The smallest absolute Gasteiger partial charge is 0.329 e. The highest BCUT2D eigenvalue weighted by Gasteiger charge is 2.24. The molecule has 148 valence electrons. The molecule has 2 aromatic rings. The van der Waals surface area contributed by atoms with Gasteiger partial charge in [0, 0.05) is 26.0 Å². The lowest BCUT2D eigenvalue weighted by molar-refractivity contribution is 0.0350. The molecule has 0 saturated heterocycles. The summed E-state index contributed by atoms with van der Waals surface area (Å²) < 4.78 is 18.0. The largest absolute Gasteiger partial charge is 0.497 e. The minimum Gasteiger partial charge on any atom is -0.497 e. The molecule has 8 heteroatoms. The third kappa shape index (κ3) is 6.27. The van der Waals surface area contributed by atoms with Crippen LogP contribution in [0.15, 0.2) is 46.1 Å². The summed E-state index contributed by atoms with van der Waals surface area (Å²) in [7, 11) is 3.25. The van der Waals surface area contributed by atoms with Gasteiger partial charge in [0.25, 0.3) is 5.56 Å². The maximum atomic E-state index is 12.1. The van der Waals surface area contributed by atoms with Gasteiger partial charge in [0.2, 0.25) is 0 Å². The molecule has 27 heavy (non-hydrogen) atoms. The number of aromatic amines is 1. The summed E-state index contributed by atoms with van der Waals surface area (Å²) in [5.74, 6) is 1.62. The summed E-state index contributed by atoms with van der Waals surface area (Å²) in [6.45, 7) is 3.00. The standard InChI is InChI=1S/C19H26N2O5S/c1-4-27-18(21-11-9-17(22)20-19(21)23)16(25-3)10-12-26-13-14-5-7-15(24-2)8-6-14/h5-9,11,16,18H,4,10,12-13H2,1-3H3,(H,20,22,23)/t16-,18-/m0/s1. The van der Waals surface area contributed by atoms with E-state index in [-0.39, 0.29) is 11.5 Å². The van der Waals surface area contributed by atoms with Crippen LogP contribution in [0.1, 0.15) is 24.3 Å². The molecule has 0 aliphatic heterocycles. The molecule has 0 amide bonds. The van der Waals surface area contributed by atoms with Crippen molar-refractivity contribution in [2.45, 2.75) is 31.4 Å². The lowest BCUT2D eigenvalue weighted by Crippen LogP contribution is -2.36. The van der Waals surface area contributed by atoms with E-state index in [9.17, 15) is 9.59 Å². The summed E-state index contributed by atoms with van der Waals surface area (Å²) in [4.78, 5) is 25.8. The summed E-state index contributed by atoms with van der Waals surface area (Å²) in [6.07, 6.45) is 1.91. The van der Waals surface area contributed by atoms with Gasteiger partial charge in [-0.3, -0.25) is 14.3 Å². The number of hydrogen-bond donors (Lipinski definition) is 1. The van der Waals surface area contributed by atoms with Crippen LogP contribution < -0.4 is 16.0 Å². The maximum Gasteiger partial charge on any atom is 0.329 e. The SMILES string of the molecule is CCS[C@@H]([C@H](CCOCc1ccc(OC)cc1)OC)n1ccc(=O)[nH]c1=O. The number of aromatic nitrogens is 2. The summed E-state index contributed by atoms with van der Waals surface area (Å²) >= 11 is 1.59. The van der Waals surface area contributed by atoms with Crippen molar-refractivity contribution in [3.63, 3.8) is 0 Å². The zero-order chi connectivity index (χ0) is 19.6. The number of thioether (sulfide) groups is 1. The molecule has 0 aliphatic rings. The quantitative estimate of drug-likeness (QED) is 0.590. The second kappa shape index (κ2) is 11.0. The van der Waals surface area contributed by atoms with Crippen LogP contribution in [0.5, 0.6) is 5.75 Å². The Hall–Kier alpha value is -2.03. The molecule has 7 nitrogen and oxygen atoms in total. The van der Waals surface area contributed by atoms with Gasteiger partial charge in [-0.2, -0.15) is 0 Å². The second-order valence-electron chi connectivity index (χ2n) is 5.83. The van der Waals surface area contributed by atoms with Crippen molar-refractivity contribution in [3.8, 4) is 5.75 Å². The molecule has 0 bridgehead atoms. The number of ether oxygens (including phenoxy) is 3. The van der Waals surface area contributed by atoms with Crippen LogP contribution in [-0.2, 0) is 16.1 Å². The zero-order valence-corrected chi connectivity index (χ0v) is 16.7. The molecule has 0 spiro atoms. The van der Waals surface area contributed by atoms with Crippen molar-refractivity contribution >= 4 is 11.8 Å². The van der Waals surface area contributed by atoms with Crippen molar-refractivity contribution in [1.29, 1.82) is 0 Å². The molecule has 0 unspecified atom stereocenters. The number of methoxy groups -OCH3 is 2. The fourth-order valence-corrected chi connectivity index (χ4v) is 3.78. The third-order valence-corrected chi connectivity index (χ3v) is 5.26. The van der Waals surface area contributed by atoms with Crippen LogP contribution in [0.4, 0.5) is 0 Å². The number of rotatable bonds is 11. The highest BCUT2D eigenvalue weighted by Crippen LogP contribution is 2.28. The predicted octanol–water partition coefficient (Wildman–Crippen LogP) is 2.42. The van der Waals surface area contributed by atoms with E-state index in [0.717, 1.165) is 17.1 Å². The Balaban J connectivity index is 1.96. The fourth-order valence-electron chi connectivity index (χ4n) is 2.65. The predicted molar refractivity (Wildman–Crippen MR) is 107 cm³/mol. The van der Waals surface area contributed by atoms with Gasteiger partial charge in [0.1, 0.15) is 11.1 Å². The van der Waals surface area contributed by atoms with Gasteiger partial charge in [-0.25, -0.2) is 4.79 Å². The minimum atomic E-state index is -0.436. The van der Waals surface area contributed by atoms with Gasteiger partial charge >= 0.3 is 5.69 Å². The number of hydrogen-bond acceptors (Lipinski definition) is 6. The lowest BCUT2D eigenvalue weighted by atomic mass is 10.2. The Morgan fingerprint density at radius 2 is 1.89 bits per heavy atom. The van der Waals surface area contributed by atoms with Crippen LogP contribution in [-0.4, -0.2) is 42.2 Å². The van der Waals surface area contributed by atoms with Crippen LogP contribution in [0.25, 0.3) is 0 Å². The van der Waals surface area contributed by atoms with Crippen LogP contribution in [0.3, 0.4) is 0 Å². The Morgan fingerprint density at radius 1 is 1.15 bits per heavy atom. The molecule has 0 saturated carbocycles. The van der Waals surface area contributed by atoms with Crippen molar-refractivity contribution in [1.82, 2.24) is 9.55 Å². The molecule has 0 aliphatic carbocycles. The lowest BCUT2D eigenvalue weighted by Gasteiger charge is -2.26. The van der Waals surface area contributed by atoms with Crippen molar-refractivity contribution in [2.75, 3.05) is 26.6 Å². The Morgan fingerprint density at radius 3 is 2.48 bits per heavy atom. The normalized spacial score (nSPS) is 13.3. The number of nitrogens with one attached hydrogen (secondary N) is 1. The first kappa shape index (κ1) is 21.3.